The topological polar surface area (TPSA) is 96.3 Å². The standard InChI is InChI=1S/C24H28N6O3/c1-33-21-6-3-2-5-17(21)13-28-11-8-19-20(15-28)26-23(27-24(19)32)18-7-12-29(14-18)22(31)16-30-10-4-9-25-30/h2-6,9-10,18H,7-8,11-16H2,1H3,(H,26,27,32). The number of nitrogens with one attached hydrogen (secondary N) is 1. The summed E-state index contributed by atoms with van der Waals surface area (Å²) in [5.41, 5.74) is 2.69. The maximum atomic E-state index is 12.8. The van der Waals surface area contributed by atoms with E-state index in [2.05, 4.69) is 21.0 Å². The Morgan fingerprint density at radius 3 is 2.94 bits per heavy atom. The Balaban J connectivity index is 1.28. The zero-order chi connectivity index (χ0) is 22.8. The lowest BCUT2D eigenvalue weighted by molar-refractivity contribution is -0.131. The third-order valence-electron chi connectivity index (χ3n) is 6.54. The number of para-hydroxylation sites is 1. The molecule has 0 saturated carbocycles. The molecule has 0 aliphatic carbocycles. The fourth-order valence-electron chi connectivity index (χ4n) is 4.76. The number of aromatic nitrogens is 4. The van der Waals surface area contributed by atoms with Gasteiger partial charge in [-0.25, -0.2) is 4.98 Å². The Kier molecular flexibility index (Phi) is 5.95. The number of rotatable bonds is 6. The van der Waals surface area contributed by atoms with Crippen LogP contribution in [0, 0.1) is 0 Å². The first-order chi connectivity index (χ1) is 16.1. The Morgan fingerprint density at radius 1 is 1.24 bits per heavy atom. The van der Waals surface area contributed by atoms with Crippen molar-refractivity contribution in [1.29, 1.82) is 0 Å². The molecule has 1 N–H and O–H groups in total. The number of benzene rings is 1. The van der Waals surface area contributed by atoms with Crippen molar-refractivity contribution in [3.63, 3.8) is 0 Å². The van der Waals surface area contributed by atoms with Gasteiger partial charge in [-0.05, 0) is 25.0 Å². The van der Waals surface area contributed by atoms with Crippen LogP contribution in [-0.4, -0.2) is 62.2 Å². The van der Waals surface area contributed by atoms with E-state index in [1.807, 2.05) is 23.1 Å². The number of aromatic amines is 1. The Labute approximate surface area is 192 Å². The van der Waals surface area contributed by atoms with Crippen LogP contribution in [0.5, 0.6) is 5.75 Å². The summed E-state index contributed by atoms with van der Waals surface area (Å²) >= 11 is 0. The van der Waals surface area contributed by atoms with E-state index in [1.54, 1.807) is 30.3 Å². The van der Waals surface area contributed by atoms with Crippen LogP contribution in [0.25, 0.3) is 0 Å². The maximum absolute atomic E-state index is 12.8. The van der Waals surface area contributed by atoms with Crippen LogP contribution in [0.15, 0.2) is 47.5 Å². The predicted octanol–water partition coefficient (Wildman–Crippen LogP) is 1.55. The van der Waals surface area contributed by atoms with Gasteiger partial charge in [-0.2, -0.15) is 5.10 Å². The van der Waals surface area contributed by atoms with E-state index in [0.717, 1.165) is 42.1 Å². The first kappa shape index (κ1) is 21.4. The number of methoxy groups -OCH3 is 1. The summed E-state index contributed by atoms with van der Waals surface area (Å²) in [7, 11) is 1.68. The molecule has 33 heavy (non-hydrogen) atoms. The molecule has 2 aliphatic rings. The van der Waals surface area contributed by atoms with Crippen molar-refractivity contribution in [1.82, 2.24) is 29.5 Å². The van der Waals surface area contributed by atoms with Crippen molar-refractivity contribution in [2.45, 2.75) is 38.4 Å². The van der Waals surface area contributed by atoms with Gasteiger partial charge in [0.15, 0.2) is 0 Å². The van der Waals surface area contributed by atoms with Crippen LogP contribution in [0.3, 0.4) is 0 Å². The number of hydrogen-bond acceptors (Lipinski definition) is 6. The smallest absolute Gasteiger partial charge is 0.254 e. The molecule has 9 heteroatoms. The molecule has 4 heterocycles. The first-order valence-electron chi connectivity index (χ1n) is 11.3. The molecule has 1 aromatic carbocycles. The third-order valence-corrected chi connectivity index (χ3v) is 6.54. The lowest BCUT2D eigenvalue weighted by Gasteiger charge is -2.28. The van der Waals surface area contributed by atoms with Gasteiger partial charge in [-0.15, -0.1) is 0 Å². The minimum absolute atomic E-state index is 0.0319. The minimum atomic E-state index is -0.0479. The molecular weight excluding hydrogens is 420 g/mol. The van der Waals surface area contributed by atoms with E-state index in [1.165, 1.54) is 0 Å². The number of carbonyl (C=O) groups excluding carboxylic acids is 1. The van der Waals surface area contributed by atoms with Crippen molar-refractivity contribution in [3.8, 4) is 5.75 Å². The number of ether oxygens (including phenoxy) is 1. The van der Waals surface area contributed by atoms with Gasteiger partial charge in [-0.3, -0.25) is 19.2 Å². The van der Waals surface area contributed by atoms with Crippen LogP contribution in [0.4, 0.5) is 0 Å². The van der Waals surface area contributed by atoms with Crippen LogP contribution in [0.1, 0.15) is 35.0 Å². The van der Waals surface area contributed by atoms with Gasteiger partial charge < -0.3 is 14.6 Å². The molecule has 0 radical (unpaired) electrons. The lowest BCUT2D eigenvalue weighted by Crippen LogP contribution is -2.36. The summed E-state index contributed by atoms with van der Waals surface area (Å²) in [6, 6.07) is 9.81. The van der Waals surface area contributed by atoms with Gasteiger partial charge in [0.25, 0.3) is 5.56 Å². The highest BCUT2D eigenvalue weighted by atomic mass is 16.5. The number of carbonyl (C=O) groups is 1. The quantitative estimate of drug-likeness (QED) is 0.615. The fraction of sp³-hybridized carbons (Fsp3) is 0.417. The SMILES string of the molecule is COc1ccccc1CN1CCc2c(nc(C3CCN(C(=O)Cn4cccn4)C3)[nH]c2=O)C1. The highest BCUT2D eigenvalue weighted by Gasteiger charge is 2.30. The molecule has 0 bridgehead atoms. The van der Waals surface area contributed by atoms with Gasteiger partial charge in [-0.1, -0.05) is 18.2 Å². The van der Waals surface area contributed by atoms with Crippen molar-refractivity contribution in [3.05, 3.63) is 75.7 Å². The largest absolute Gasteiger partial charge is 0.496 e. The van der Waals surface area contributed by atoms with Crippen LogP contribution in [-0.2, 0) is 30.8 Å². The molecular formula is C24H28N6O3. The van der Waals surface area contributed by atoms with E-state index in [0.29, 0.717) is 31.9 Å². The summed E-state index contributed by atoms with van der Waals surface area (Å²) in [4.78, 5) is 37.4. The van der Waals surface area contributed by atoms with Gasteiger partial charge >= 0.3 is 0 Å². The first-order valence-corrected chi connectivity index (χ1v) is 11.3. The van der Waals surface area contributed by atoms with E-state index in [9.17, 15) is 9.59 Å². The molecule has 2 aromatic heterocycles. The second-order valence-corrected chi connectivity index (χ2v) is 8.68. The summed E-state index contributed by atoms with van der Waals surface area (Å²) in [5.74, 6) is 1.62. The average Bonchev–Trinajstić information content (AvgIpc) is 3.52. The van der Waals surface area contributed by atoms with E-state index in [4.69, 9.17) is 9.72 Å². The van der Waals surface area contributed by atoms with Gasteiger partial charge in [0.1, 0.15) is 18.1 Å². The van der Waals surface area contributed by atoms with Crippen LogP contribution >= 0.6 is 0 Å². The molecule has 1 fully saturated rings. The van der Waals surface area contributed by atoms with E-state index in [-0.39, 0.29) is 23.9 Å². The second-order valence-electron chi connectivity index (χ2n) is 8.68. The molecule has 172 valence electrons. The van der Waals surface area contributed by atoms with Crippen LogP contribution < -0.4 is 10.3 Å². The number of hydrogen-bond donors (Lipinski definition) is 1. The monoisotopic (exact) mass is 448 g/mol. The summed E-state index contributed by atoms with van der Waals surface area (Å²) in [5, 5.41) is 4.11. The predicted molar refractivity (Wildman–Crippen MR) is 122 cm³/mol. The fourth-order valence-corrected chi connectivity index (χ4v) is 4.76. The zero-order valence-electron chi connectivity index (χ0n) is 18.7. The maximum Gasteiger partial charge on any atom is 0.254 e. The van der Waals surface area contributed by atoms with Crippen molar-refractivity contribution in [2.75, 3.05) is 26.7 Å². The molecule has 1 atom stereocenters. The van der Waals surface area contributed by atoms with Crippen molar-refractivity contribution in [2.24, 2.45) is 0 Å². The molecule has 2 aliphatic heterocycles. The Morgan fingerprint density at radius 2 is 2.12 bits per heavy atom. The molecule has 1 unspecified atom stereocenters. The van der Waals surface area contributed by atoms with Gasteiger partial charge in [0.2, 0.25) is 5.91 Å². The number of fused-ring (bicyclic) bond motifs is 1. The number of likely N-dealkylation sites (tertiary alicyclic amines) is 1. The molecule has 0 spiro atoms. The molecule has 5 rings (SSSR count). The van der Waals surface area contributed by atoms with Crippen LogP contribution in [0.2, 0.25) is 0 Å². The Bertz CT molecular complexity index is 1190. The highest BCUT2D eigenvalue weighted by Crippen LogP contribution is 2.27. The van der Waals surface area contributed by atoms with Gasteiger partial charge in [0, 0.05) is 62.2 Å². The molecule has 1 amide bonds. The summed E-state index contributed by atoms with van der Waals surface area (Å²) in [6.45, 7) is 3.61. The molecule has 9 nitrogen and oxygen atoms in total. The zero-order valence-corrected chi connectivity index (χ0v) is 18.7. The van der Waals surface area contributed by atoms with Crippen molar-refractivity contribution < 1.29 is 9.53 Å². The van der Waals surface area contributed by atoms with Crippen molar-refractivity contribution >= 4 is 5.91 Å². The lowest BCUT2D eigenvalue weighted by atomic mass is 10.0. The molecule has 3 aromatic rings. The Hall–Kier alpha value is -3.46. The highest BCUT2D eigenvalue weighted by molar-refractivity contribution is 5.76. The number of amides is 1. The number of nitrogens with zero attached hydrogens (tertiary/aromatic N) is 5. The van der Waals surface area contributed by atoms with E-state index >= 15 is 0 Å². The van der Waals surface area contributed by atoms with E-state index < -0.39 is 0 Å². The minimum Gasteiger partial charge on any atom is -0.496 e. The molecule has 1 saturated heterocycles. The third kappa shape index (κ3) is 4.54. The summed E-state index contributed by atoms with van der Waals surface area (Å²) < 4.78 is 7.12. The number of H-pyrrole nitrogens is 1. The second kappa shape index (κ2) is 9.19. The van der Waals surface area contributed by atoms with Gasteiger partial charge in [0.05, 0.1) is 12.8 Å². The summed E-state index contributed by atoms with van der Waals surface area (Å²) in [6.07, 6.45) is 4.91. The average molecular weight is 449 g/mol. The normalized spacial score (nSPS) is 18.3.